The average Bonchev–Trinajstić information content (AvgIpc) is 2.15. The van der Waals surface area contributed by atoms with Gasteiger partial charge in [-0.2, -0.15) is 5.26 Å². The van der Waals surface area contributed by atoms with E-state index >= 15 is 0 Å². The van der Waals surface area contributed by atoms with Gasteiger partial charge in [-0.15, -0.1) is 0 Å². The minimum absolute atomic E-state index is 0.186. The first-order valence-electron chi connectivity index (χ1n) is 4.33. The Kier molecular flexibility index (Phi) is 3.28. The molecule has 0 saturated carbocycles. The number of rotatable bonds is 3. The van der Waals surface area contributed by atoms with Crippen LogP contribution < -0.4 is 0 Å². The number of nitrogens with zero attached hydrogens (tertiary/aromatic N) is 1. The third-order valence-electron chi connectivity index (χ3n) is 2.09. The predicted octanol–water partition coefficient (Wildman–Crippen LogP) is 3.26. The van der Waals surface area contributed by atoms with Crippen molar-refractivity contribution in [3.63, 3.8) is 0 Å². The quantitative estimate of drug-likeness (QED) is 0.640. The van der Waals surface area contributed by atoms with Crippen molar-refractivity contribution < 1.29 is 0 Å². The second-order valence-corrected chi connectivity index (χ2v) is 3.17. The highest BCUT2D eigenvalue weighted by molar-refractivity contribution is 5.27. The summed E-state index contributed by atoms with van der Waals surface area (Å²) >= 11 is 0. The number of benzene rings is 1. The summed E-state index contributed by atoms with van der Waals surface area (Å²) < 4.78 is 0. The summed E-state index contributed by atoms with van der Waals surface area (Å²) in [5.41, 5.74) is 2.23. The first-order valence-corrected chi connectivity index (χ1v) is 4.33. The van der Waals surface area contributed by atoms with Crippen LogP contribution in [0.2, 0.25) is 0 Å². The van der Waals surface area contributed by atoms with Crippen molar-refractivity contribution in [1.82, 2.24) is 0 Å². The van der Waals surface area contributed by atoms with Crippen molar-refractivity contribution in [2.24, 2.45) is 0 Å². The summed E-state index contributed by atoms with van der Waals surface area (Å²) in [6.45, 7) is 5.87. The van der Waals surface area contributed by atoms with Crippen LogP contribution in [0, 0.1) is 11.3 Å². The van der Waals surface area contributed by atoms with E-state index in [1.54, 1.807) is 0 Å². The molecule has 0 aromatic heterocycles. The van der Waals surface area contributed by atoms with E-state index in [9.17, 15) is 0 Å². The molecule has 1 heteroatoms. The Bertz CT molecular complexity index is 319. The Labute approximate surface area is 79.3 Å². The molecular weight excluding hydrogens is 158 g/mol. The molecule has 1 nitrogen and oxygen atoms in total. The second kappa shape index (κ2) is 4.47. The summed E-state index contributed by atoms with van der Waals surface area (Å²) in [7, 11) is 0. The lowest BCUT2D eigenvalue weighted by molar-refractivity contribution is 0.820. The van der Waals surface area contributed by atoms with Gasteiger partial charge in [-0.25, -0.2) is 0 Å². The minimum Gasteiger partial charge on any atom is -0.198 e. The van der Waals surface area contributed by atoms with Crippen molar-refractivity contribution in [3.8, 4) is 6.07 Å². The fourth-order valence-electron chi connectivity index (χ4n) is 1.35. The second-order valence-electron chi connectivity index (χ2n) is 3.17. The Morgan fingerprint density at radius 1 is 1.46 bits per heavy atom. The molecule has 1 aromatic rings. The Morgan fingerprint density at radius 3 is 2.54 bits per heavy atom. The summed E-state index contributed by atoms with van der Waals surface area (Å²) in [5.74, 6) is 0.186. The SMILES string of the molecule is C=C(C)C(CC#N)c1ccccc1. The van der Waals surface area contributed by atoms with Crippen LogP contribution in [0.15, 0.2) is 42.5 Å². The molecule has 0 radical (unpaired) electrons. The third-order valence-corrected chi connectivity index (χ3v) is 2.09. The van der Waals surface area contributed by atoms with Crippen LogP contribution in [0.3, 0.4) is 0 Å². The highest BCUT2D eigenvalue weighted by atomic mass is 14.3. The van der Waals surface area contributed by atoms with Gasteiger partial charge in [0.15, 0.2) is 0 Å². The lowest BCUT2D eigenvalue weighted by Crippen LogP contribution is -1.97. The van der Waals surface area contributed by atoms with Crippen molar-refractivity contribution >= 4 is 0 Å². The van der Waals surface area contributed by atoms with E-state index in [4.69, 9.17) is 5.26 Å². The third kappa shape index (κ3) is 2.45. The van der Waals surface area contributed by atoms with Gasteiger partial charge in [0.1, 0.15) is 0 Å². The summed E-state index contributed by atoms with van der Waals surface area (Å²) in [4.78, 5) is 0. The van der Waals surface area contributed by atoms with Gasteiger partial charge in [0.25, 0.3) is 0 Å². The Balaban J connectivity index is 2.90. The number of allylic oxidation sites excluding steroid dienone is 1. The maximum absolute atomic E-state index is 8.66. The van der Waals surface area contributed by atoms with Crippen LogP contribution >= 0.6 is 0 Å². The summed E-state index contributed by atoms with van der Waals surface area (Å²) in [6.07, 6.45) is 0.513. The van der Waals surface area contributed by atoms with E-state index in [0.29, 0.717) is 6.42 Å². The van der Waals surface area contributed by atoms with Gasteiger partial charge in [0.2, 0.25) is 0 Å². The van der Waals surface area contributed by atoms with Gasteiger partial charge in [0, 0.05) is 12.3 Å². The van der Waals surface area contributed by atoms with Gasteiger partial charge in [-0.05, 0) is 12.5 Å². The smallest absolute Gasteiger partial charge is 0.0631 e. The van der Waals surface area contributed by atoms with E-state index < -0.39 is 0 Å². The largest absolute Gasteiger partial charge is 0.198 e. The summed E-state index contributed by atoms with van der Waals surface area (Å²) in [5, 5.41) is 8.66. The lowest BCUT2D eigenvalue weighted by Gasteiger charge is -2.13. The van der Waals surface area contributed by atoms with E-state index in [-0.39, 0.29) is 5.92 Å². The molecule has 0 aliphatic carbocycles. The predicted molar refractivity (Wildman–Crippen MR) is 54.2 cm³/mol. The molecule has 0 aliphatic heterocycles. The molecule has 1 rings (SSSR count). The number of nitriles is 1. The topological polar surface area (TPSA) is 23.8 Å². The van der Waals surface area contributed by atoms with Crippen LogP contribution in [0.1, 0.15) is 24.8 Å². The fourth-order valence-corrected chi connectivity index (χ4v) is 1.35. The molecule has 0 bridgehead atoms. The Morgan fingerprint density at radius 2 is 2.08 bits per heavy atom. The monoisotopic (exact) mass is 171 g/mol. The van der Waals surface area contributed by atoms with Crippen molar-refractivity contribution in [2.75, 3.05) is 0 Å². The maximum atomic E-state index is 8.66. The normalized spacial score (nSPS) is 11.7. The van der Waals surface area contributed by atoms with Crippen LogP contribution in [0.5, 0.6) is 0 Å². The zero-order valence-electron chi connectivity index (χ0n) is 7.83. The number of hydrogen-bond acceptors (Lipinski definition) is 1. The molecule has 0 fully saturated rings. The molecule has 1 aromatic carbocycles. The van der Waals surface area contributed by atoms with Crippen molar-refractivity contribution in [3.05, 3.63) is 48.0 Å². The van der Waals surface area contributed by atoms with Gasteiger partial charge in [-0.1, -0.05) is 42.5 Å². The van der Waals surface area contributed by atoms with Crippen LogP contribution in [-0.2, 0) is 0 Å². The van der Waals surface area contributed by atoms with E-state index in [0.717, 1.165) is 5.57 Å². The molecule has 66 valence electrons. The maximum Gasteiger partial charge on any atom is 0.0631 e. The average molecular weight is 171 g/mol. The standard InChI is InChI=1S/C12H13N/c1-10(2)12(8-9-13)11-6-4-3-5-7-11/h3-7,12H,1,8H2,2H3. The van der Waals surface area contributed by atoms with Crippen LogP contribution in [0.4, 0.5) is 0 Å². The zero-order chi connectivity index (χ0) is 9.68. The van der Waals surface area contributed by atoms with Crippen LogP contribution in [-0.4, -0.2) is 0 Å². The highest BCUT2D eigenvalue weighted by Crippen LogP contribution is 2.25. The molecule has 0 saturated heterocycles. The molecule has 0 heterocycles. The molecular formula is C12H13N. The molecule has 1 unspecified atom stereocenters. The minimum atomic E-state index is 0.186. The number of hydrogen-bond donors (Lipinski definition) is 0. The van der Waals surface area contributed by atoms with E-state index in [1.165, 1.54) is 5.56 Å². The van der Waals surface area contributed by atoms with Gasteiger partial charge < -0.3 is 0 Å². The summed E-state index contributed by atoms with van der Waals surface area (Å²) in [6, 6.07) is 12.2. The fraction of sp³-hybridized carbons (Fsp3) is 0.250. The Hall–Kier alpha value is -1.55. The van der Waals surface area contributed by atoms with Gasteiger partial charge in [-0.3, -0.25) is 0 Å². The first-order chi connectivity index (χ1) is 6.25. The van der Waals surface area contributed by atoms with Crippen molar-refractivity contribution in [2.45, 2.75) is 19.3 Å². The van der Waals surface area contributed by atoms with Gasteiger partial charge in [0.05, 0.1) is 6.07 Å². The van der Waals surface area contributed by atoms with Crippen LogP contribution in [0.25, 0.3) is 0 Å². The van der Waals surface area contributed by atoms with E-state index in [2.05, 4.69) is 12.6 Å². The molecule has 13 heavy (non-hydrogen) atoms. The van der Waals surface area contributed by atoms with Gasteiger partial charge >= 0.3 is 0 Å². The molecule has 0 N–H and O–H groups in total. The zero-order valence-corrected chi connectivity index (χ0v) is 7.83. The molecule has 0 amide bonds. The molecule has 0 spiro atoms. The van der Waals surface area contributed by atoms with Crippen molar-refractivity contribution in [1.29, 1.82) is 5.26 Å². The highest BCUT2D eigenvalue weighted by Gasteiger charge is 2.10. The molecule has 0 aliphatic rings. The van der Waals surface area contributed by atoms with E-state index in [1.807, 2.05) is 37.3 Å². The molecule has 1 atom stereocenters. The lowest BCUT2D eigenvalue weighted by atomic mass is 9.91. The first kappa shape index (κ1) is 9.54.